The van der Waals surface area contributed by atoms with E-state index in [9.17, 15) is 0 Å². The zero-order valence-corrected chi connectivity index (χ0v) is 11.9. The van der Waals surface area contributed by atoms with Gasteiger partial charge in [0, 0.05) is 24.1 Å². The van der Waals surface area contributed by atoms with E-state index in [1.807, 2.05) is 0 Å². The molecular formula is C17H25NO. The highest BCUT2D eigenvalue weighted by molar-refractivity contribution is 5.37. The van der Waals surface area contributed by atoms with E-state index in [2.05, 4.69) is 36.5 Å². The van der Waals surface area contributed by atoms with Crippen LogP contribution in [-0.4, -0.2) is 12.6 Å². The minimum atomic E-state index is 0.474. The Hall–Kier alpha value is -1.02. The van der Waals surface area contributed by atoms with Crippen molar-refractivity contribution in [2.45, 2.75) is 57.5 Å². The minimum Gasteiger partial charge on any atom is -0.493 e. The number of fused-ring (bicyclic) bond motifs is 1. The molecule has 19 heavy (non-hydrogen) atoms. The van der Waals surface area contributed by atoms with E-state index in [-0.39, 0.29) is 0 Å². The first-order valence-electron chi connectivity index (χ1n) is 7.82. The van der Waals surface area contributed by atoms with Crippen LogP contribution in [0.25, 0.3) is 0 Å². The van der Waals surface area contributed by atoms with Crippen molar-refractivity contribution in [3.05, 3.63) is 29.8 Å². The van der Waals surface area contributed by atoms with Gasteiger partial charge in [0.25, 0.3) is 0 Å². The molecular weight excluding hydrogens is 234 g/mol. The fourth-order valence-electron chi connectivity index (χ4n) is 3.60. The molecule has 1 aromatic rings. The lowest BCUT2D eigenvalue weighted by Crippen LogP contribution is -2.39. The average Bonchev–Trinajstić information content (AvgIpc) is 2.48. The summed E-state index contributed by atoms with van der Waals surface area (Å²) >= 11 is 0. The fourth-order valence-corrected chi connectivity index (χ4v) is 3.60. The molecule has 1 saturated carbocycles. The smallest absolute Gasteiger partial charge is 0.124 e. The molecule has 0 bridgehead atoms. The monoisotopic (exact) mass is 259 g/mol. The Morgan fingerprint density at radius 1 is 1.11 bits per heavy atom. The number of hydrogen-bond acceptors (Lipinski definition) is 2. The van der Waals surface area contributed by atoms with Crippen molar-refractivity contribution >= 4 is 0 Å². The SMILES string of the molecule is C[C@@H](NC1CCOc2ccccc21)C1CCCCC1. The summed E-state index contributed by atoms with van der Waals surface area (Å²) in [6.07, 6.45) is 8.16. The van der Waals surface area contributed by atoms with Gasteiger partial charge < -0.3 is 10.1 Å². The van der Waals surface area contributed by atoms with E-state index >= 15 is 0 Å². The zero-order chi connectivity index (χ0) is 13.1. The Bertz CT molecular complexity index is 411. The van der Waals surface area contributed by atoms with Crippen molar-refractivity contribution in [3.8, 4) is 5.75 Å². The molecule has 2 aliphatic rings. The molecule has 3 rings (SSSR count). The lowest BCUT2D eigenvalue weighted by Gasteiger charge is -2.34. The van der Waals surface area contributed by atoms with Gasteiger partial charge in [-0.05, 0) is 31.7 Å². The minimum absolute atomic E-state index is 0.474. The molecule has 0 aromatic heterocycles. The van der Waals surface area contributed by atoms with E-state index in [4.69, 9.17) is 4.74 Å². The van der Waals surface area contributed by atoms with Gasteiger partial charge in [0.1, 0.15) is 5.75 Å². The van der Waals surface area contributed by atoms with E-state index < -0.39 is 0 Å². The summed E-state index contributed by atoms with van der Waals surface area (Å²) in [5.74, 6) is 1.94. The number of nitrogens with one attached hydrogen (secondary N) is 1. The Morgan fingerprint density at radius 3 is 2.74 bits per heavy atom. The normalized spacial score (nSPS) is 25.4. The summed E-state index contributed by atoms with van der Waals surface area (Å²) in [6.45, 7) is 3.21. The highest BCUT2D eigenvalue weighted by atomic mass is 16.5. The first-order chi connectivity index (χ1) is 9.34. The second-order valence-corrected chi connectivity index (χ2v) is 6.08. The Labute approximate surface area is 116 Å². The summed E-state index contributed by atoms with van der Waals surface area (Å²) in [4.78, 5) is 0. The Kier molecular flexibility index (Phi) is 4.07. The van der Waals surface area contributed by atoms with Crippen molar-refractivity contribution in [1.29, 1.82) is 0 Å². The van der Waals surface area contributed by atoms with Gasteiger partial charge in [-0.2, -0.15) is 0 Å². The third-order valence-corrected chi connectivity index (χ3v) is 4.78. The number of hydrogen-bond donors (Lipinski definition) is 1. The van der Waals surface area contributed by atoms with Crippen molar-refractivity contribution in [3.63, 3.8) is 0 Å². The lowest BCUT2D eigenvalue weighted by molar-refractivity contribution is 0.216. The molecule has 1 N–H and O–H groups in total. The first-order valence-corrected chi connectivity index (χ1v) is 7.82. The topological polar surface area (TPSA) is 21.3 Å². The molecule has 1 unspecified atom stereocenters. The highest BCUT2D eigenvalue weighted by Crippen LogP contribution is 2.33. The molecule has 0 spiro atoms. The van der Waals surface area contributed by atoms with E-state index in [1.54, 1.807) is 0 Å². The second-order valence-electron chi connectivity index (χ2n) is 6.08. The maximum atomic E-state index is 5.74. The third-order valence-electron chi connectivity index (χ3n) is 4.78. The molecule has 0 saturated heterocycles. The number of benzene rings is 1. The summed E-state index contributed by atoms with van der Waals surface area (Å²) in [6, 6.07) is 9.58. The van der Waals surface area contributed by atoms with Gasteiger partial charge in [-0.1, -0.05) is 37.5 Å². The number of ether oxygens (including phenoxy) is 1. The van der Waals surface area contributed by atoms with Crippen molar-refractivity contribution in [1.82, 2.24) is 5.32 Å². The van der Waals surface area contributed by atoms with Crippen LogP contribution in [0, 0.1) is 5.92 Å². The van der Waals surface area contributed by atoms with Gasteiger partial charge in [-0.3, -0.25) is 0 Å². The molecule has 0 radical (unpaired) electrons. The predicted octanol–water partition coefficient (Wildman–Crippen LogP) is 4.07. The quantitative estimate of drug-likeness (QED) is 0.883. The molecule has 1 aromatic carbocycles. The average molecular weight is 259 g/mol. The molecule has 1 fully saturated rings. The third kappa shape index (κ3) is 2.94. The van der Waals surface area contributed by atoms with Crippen molar-refractivity contribution in [2.24, 2.45) is 5.92 Å². The molecule has 2 heteroatoms. The van der Waals surface area contributed by atoms with Crippen LogP contribution in [0.2, 0.25) is 0 Å². The molecule has 0 amide bonds. The van der Waals surface area contributed by atoms with Gasteiger partial charge in [0.15, 0.2) is 0 Å². The van der Waals surface area contributed by atoms with E-state index in [1.165, 1.54) is 37.7 Å². The maximum absolute atomic E-state index is 5.74. The highest BCUT2D eigenvalue weighted by Gasteiger charge is 2.26. The van der Waals surface area contributed by atoms with E-state index in [0.717, 1.165) is 24.7 Å². The van der Waals surface area contributed by atoms with Gasteiger partial charge in [0.05, 0.1) is 6.61 Å². The van der Waals surface area contributed by atoms with Crippen LogP contribution in [0.3, 0.4) is 0 Å². The van der Waals surface area contributed by atoms with Crippen LogP contribution in [-0.2, 0) is 0 Å². The predicted molar refractivity (Wildman–Crippen MR) is 78.5 cm³/mol. The molecule has 2 atom stereocenters. The van der Waals surface area contributed by atoms with Crippen LogP contribution < -0.4 is 10.1 Å². The maximum Gasteiger partial charge on any atom is 0.124 e. The van der Waals surface area contributed by atoms with Crippen LogP contribution >= 0.6 is 0 Å². The van der Waals surface area contributed by atoms with Gasteiger partial charge in [0.2, 0.25) is 0 Å². The van der Waals surface area contributed by atoms with Crippen LogP contribution in [0.5, 0.6) is 5.75 Å². The summed E-state index contributed by atoms with van der Waals surface area (Å²) in [5, 5.41) is 3.86. The Morgan fingerprint density at radius 2 is 1.89 bits per heavy atom. The van der Waals surface area contributed by atoms with Gasteiger partial charge >= 0.3 is 0 Å². The fraction of sp³-hybridized carbons (Fsp3) is 0.647. The first kappa shape index (κ1) is 13.0. The molecule has 1 heterocycles. The largest absolute Gasteiger partial charge is 0.493 e. The molecule has 2 nitrogen and oxygen atoms in total. The molecule has 1 aliphatic carbocycles. The van der Waals surface area contributed by atoms with Crippen LogP contribution in [0.4, 0.5) is 0 Å². The number of rotatable bonds is 3. The Balaban J connectivity index is 1.66. The second kappa shape index (κ2) is 5.96. The molecule has 104 valence electrons. The lowest BCUT2D eigenvalue weighted by atomic mass is 9.84. The van der Waals surface area contributed by atoms with E-state index in [0.29, 0.717) is 12.1 Å². The van der Waals surface area contributed by atoms with Crippen LogP contribution in [0.1, 0.15) is 57.1 Å². The zero-order valence-electron chi connectivity index (χ0n) is 11.9. The standard InChI is InChI=1S/C17H25NO/c1-13(14-7-3-2-4-8-14)18-16-11-12-19-17-10-6-5-9-15(16)17/h5-6,9-10,13-14,16,18H,2-4,7-8,11-12H2,1H3/t13-,16?/m1/s1. The van der Waals surface area contributed by atoms with Crippen molar-refractivity contribution in [2.75, 3.05) is 6.61 Å². The summed E-state index contributed by atoms with van der Waals surface area (Å²) < 4.78 is 5.74. The summed E-state index contributed by atoms with van der Waals surface area (Å²) in [7, 11) is 0. The summed E-state index contributed by atoms with van der Waals surface area (Å²) in [5.41, 5.74) is 1.34. The molecule has 1 aliphatic heterocycles. The van der Waals surface area contributed by atoms with Gasteiger partial charge in [-0.15, -0.1) is 0 Å². The van der Waals surface area contributed by atoms with Gasteiger partial charge in [-0.25, -0.2) is 0 Å². The number of para-hydroxylation sites is 1. The van der Waals surface area contributed by atoms with Crippen molar-refractivity contribution < 1.29 is 4.74 Å². The van der Waals surface area contributed by atoms with Crippen LogP contribution in [0.15, 0.2) is 24.3 Å².